The van der Waals surface area contributed by atoms with Gasteiger partial charge < -0.3 is 19.7 Å². The second kappa shape index (κ2) is 7.47. The van der Waals surface area contributed by atoms with Gasteiger partial charge in [0, 0.05) is 19.1 Å². The molecule has 1 aliphatic heterocycles. The zero-order chi connectivity index (χ0) is 15.2. The van der Waals surface area contributed by atoms with Gasteiger partial charge in [-0.3, -0.25) is 4.79 Å². The van der Waals surface area contributed by atoms with Crippen molar-refractivity contribution in [2.45, 2.75) is 52.2 Å². The van der Waals surface area contributed by atoms with Crippen molar-refractivity contribution in [2.75, 3.05) is 26.2 Å². The smallest absolute Gasteiger partial charge is 0.410 e. The monoisotopic (exact) mass is 286 g/mol. The van der Waals surface area contributed by atoms with E-state index < -0.39 is 5.60 Å². The Hall–Kier alpha value is -1.30. The fourth-order valence-electron chi connectivity index (χ4n) is 2.16. The van der Waals surface area contributed by atoms with Crippen LogP contribution in [0.15, 0.2) is 0 Å². The molecule has 0 aromatic heterocycles. The van der Waals surface area contributed by atoms with Crippen LogP contribution in [0.5, 0.6) is 0 Å². The summed E-state index contributed by atoms with van der Waals surface area (Å²) in [6.45, 7) is 9.19. The quantitative estimate of drug-likeness (QED) is 0.776. The number of ether oxygens (including phenoxy) is 2. The molecule has 0 aliphatic carbocycles. The molecule has 1 amide bonds. The summed E-state index contributed by atoms with van der Waals surface area (Å²) in [5.41, 5.74) is -0.484. The fourth-order valence-corrected chi connectivity index (χ4v) is 2.16. The Morgan fingerprint density at radius 1 is 1.35 bits per heavy atom. The number of nitrogens with zero attached hydrogens (tertiary/aromatic N) is 1. The molecule has 1 N–H and O–H groups in total. The molecule has 0 bridgehead atoms. The van der Waals surface area contributed by atoms with Crippen molar-refractivity contribution in [3.63, 3.8) is 0 Å². The largest absolute Gasteiger partial charge is 0.465 e. The van der Waals surface area contributed by atoms with Crippen LogP contribution in [-0.2, 0) is 14.3 Å². The van der Waals surface area contributed by atoms with Crippen molar-refractivity contribution in [3.05, 3.63) is 0 Å². The van der Waals surface area contributed by atoms with Crippen LogP contribution in [0.2, 0.25) is 0 Å². The Labute approximate surface area is 120 Å². The van der Waals surface area contributed by atoms with E-state index in [1.54, 1.807) is 11.8 Å². The van der Waals surface area contributed by atoms with E-state index >= 15 is 0 Å². The molecule has 0 radical (unpaired) electrons. The molecule has 1 aliphatic rings. The Balaban J connectivity index is 2.37. The van der Waals surface area contributed by atoms with Crippen molar-refractivity contribution < 1.29 is 19.1 Å². The minimum Gasteiger partial charge on any atom is -0.465 e. The SMILES string of the molecule is CCOC(=O)CNC[C@H]1CCCN1C(=O)OC(C)(C)C. The summed E-state index contributed by atoms with van der Waals surface area (Å²) in [7, 11) is 0. The van der Waals surface area contributed by atoms with Crippen molar-refractivity contribution in [1.82, 2.24) is 10.2 Å². The number of rotatable bonds is 5. The summed E-state index contributed by atoms with van der Waals surface area (Å²) in [6.07, 6.45) is 1.61. The molecular weight excluding hydrogens is 260 g/mol. The van der Waals surface area contributed by atoms with Gasteiger partial charge in [0.05, 0.1) is 13.2 Å². The van der Waals surface area contributed by atoms with E-state index in [0.717, 1.165) is 12.8 Å². The highest BCUT2D eigenvalue weighted by atomic mass is 16.6. The van der Waals surface area contributed by atoms with Gasteiger partial charge in [0.2, 0.25) is 0 Å². The molecule has 0 spiro atoms. The molecule has 0 saturated carbocycles. The van der Waals surface area contributed by atoms with Gasteiger partial charge in [-0.05, 0) is 40.5 Å². The molecule has 0 aromatic carbocycles. The normalized spacial score (nSPS) is 19.0. The maximum absolute atomic E-state index is 12.1. The number of esters is 1. The molecule has 1 heterocycles. The minimum absolute atomic E-state index is 0.0827. The standard InChI is InChI=1S/C14H26N2O4/c1-5-19-12(17)10-15-9-11-7-6-8-16(11)13(18)20-14(2,3)4/h11,15H,5-10H2,1-4H3/t11-/m1/s1. The van der Waals surface area contributed by atoms with Crippen molar-refractivity contribution in [2.24, 2.45) is 0 Å². The predicted octanol–water partition coefficient (Wildman–Crippen LogP) is 1.54. The summed E-state index contributed by atoms with van der Waals surface area (Å²) in [6, 6.07) is 0.0827. The van der Waals surface area contributed by atoms with E-state index in [1.165, 1.54) is 0 Å². The number of likely N-dealkylation sites (tertiary alicyclic amines) is 1. The fraction of sp³-hybridized carbons (Fsp3) is 0.857. The van der Waals surface area contributed by atoms with E-state index in [9.17, 15) is 9.59 Å². The van der Waals surface area contributed by atoms with Gasteiger partial charge in [-0.25, -0.2) is 4.79 Å². The molecule has 1 rings (SSSR count). The van der Waals surface area contributed by atoms with Gasteiger partial charge >= 0.3 is 12.1 Å². The Kier molecular flexibility index (Phi) is 6.26. The first-order valence-corrected chi connectivity index (χ1v) is 7.19. The molecular formula is C14H26N2O4. The van der Waals surface area contributed by atoms with Crippen LogP contribution in [0.3, 0.4) is 0 Å². The van der Waals surface area contributed by atoms with Crippen LogP contribution in [0.4, 0.5) is 4.79 Å². The first-order chi connectivity index (χ1) is 9.33. The maximum atomic E-state index is 12.1. The van der Waals surface area contributed by atoms with Crippen molar-refractivity contribution in [1.29, 1.82) is 0 Å². The summed E-state index contributed by atoms with van der Waals surface area (Å²) >= 11 is 0. The highest BCUT2D eigenvalue weighted by molar-refractivity contribution is 5.71. The van der Waals surface area contributed by atoms with E-state index in [-0.39, 0.29) is 24.6 Å². The molecule has 1 fully saturated rings. The Morgan fingerprint density at radius 2 is 2.05 bits per heavy atom. The van der Waals surface area contributed by atoms with Crippen LogP contribution in [-0.4, -0.2) is 54.8 Å². The third-order valence-electron chi connectivity index (χ3n) is 2.96. The highest BCUT2D eigenvalue weighted by Gasteiger charge is 2.31. The molecule has 1 atom stereocenters. The van der Waals surface area contributed by atoms with E-state index in [1.807, 2.05) is 20.8 Å². The molecule has 20 heavy (non-hydrogen) atoms. The van der Waals surface area contributed by atoms with E-state index in [2.05, 4.69) is 5.32 Å². The topological polar surface area (TPSA) is 67.9 Å². The zero-order valence-corrected chi connectivity index (χ0v) is 12.9. The summed E-state index contributed by atoms with van der Waals surface area (Å²) in [5.74, 6) is -0.269. The van der Waals surface area contributed by atoms with Crippen LogP contribution in [0, 0.1) is 0 Å². The maximum Gasteiger partial charge on any atom is 0.410 e. The van der Waals surface area contributed by atoms with Gasteiger partial charge in [-0.15, -0.1) is 0 Å². The predicted molar refractivity (Wildman–Crippen MR) is 75.5 cm³/mol. The third-order valence-corrected chi connectivity index (χ3v) is 2.96. The lowest BCUT2D eigenvalue weighted by atomic mass is 10.2. The second-order valence-electron chi connectivity index (χ2n) is 5.91. The van der Waals surface area contributed by atoms with Gasteiger partial charge in [-0.2, -0.15) is 0 Å². The van der Waals surface area contributed by atoms with Crippen LogP contribution >= 0.6 is 0 Å². The average Bonchev–Trinajstić information content (AvgIpc) is 2.75. The minimum atomic E-state index is -0.484. The summed E-state index contributed by atoms with van der Waals surface area (Å²) < 4.78 is 10.2. The number of carbonyl (C=O) groups is 2. The first kappa shape index (κ1) is 16.8. The number of hydrogen-bond acceptors (Lipinski definition) is 5. The van der Waals surface area contributed by atoms with Crippen LogP contribution < -0.4 is 5.32 Å². The third kappa shape index (κ3) is 5.77. The molecule has 6 heteroatoms. The molecule has 0 aromatic rings. The lowest BCUT2D eigenvalue weighted by Gasteiger charge is -2.28. The number of amides is 1. The highest BCUT2D eigenvalue weighted by Crippen LogP contribution is 2.20. The Morgan fingerprint density at radius 3 is 2.65 bits per heavy atom. The van der Waals surface area contributed by atoms with Crippen LogP contribution in [0.25, 0.3) is 0 Å². The van der Waals surface area contributed by atoms with E-state index in [0.29, 0.717) is 19.7 Å². The number of nitrogens with one attached hydrogen (secondary N) is 1. The lowest BCUT2D eigenvalue weighted by molar-refractivity contribution is -0.142. The van der Waals surface area contributed by atoms with Gasteiger partial charge in [0.15, 0.2) is 0 Å². The number of hydrogen-bond donors (Lipinski definition) is 1. The molecule has 116 valence electrons. The van der Waals surface area contributed by atoms with Crippen molar-refractivity contribution >= 4 is 12.1 Å². The van der Waals surface area contributed by atoms with E-state index in [4.69, 9.17) is 9.47 Å². The first-order valence-electron chi connectivity index (χ1n) is 7.19. The lowest BCUT2D eigenvalue weighted by Crippen LogP contribution is -2.44. The molecule has 0 unspecified atom stereocenters. The summed E-state index contributed by atoms with van der Waals surface area (Å²) in [5, 5.41) is 3.04. The Bertz CT molecular complexity index is 339. The zero-order valence-electron chi connectivity index (χ0n) is 12.9. The van der Waals surface area contributed by atoms with Crippen LogP contribution in [0.1, 0.15) is 40.5 Å². The molecule has 6 nitrogen and oxygen atoms in total. The number of carbonyl (C=O) groups excluding carboxylic acids is 2. The van der Waals surface area contributed by atoms with Gasteiger partial charge in [0.1, 0.15) is 5.60 Å². The molecule has 1 saturated heterocycles. The van der Waals surface area contributed by atoms with Gasteiger partial charge in [-0.1, -0.05) is 0 Å². The van der Waals surface area contributed by atoms with Crippen molar-refractivity contribution in [3.8, 4) is 0 Å². The summed E-state index contributed by atoms with van der Waals surface area (Å²) in [4.78, 5) is 25.0. The second-order valence-corrected chi connectivity index (χ2v) is 5.91. The van der Waals surface area contributed by atoms with Gasteiger partial charge in [0.25, 0.3) is 0 Å². The average molecular weight is 286 g/mol.